The molecule has 0 atom stereocenters. The minimum absolute atomic E-state index is 0.0471. The number of carbonyl (C=O) groups excluding carboxylic acids is 2. The first kappa shape index (κ1) is 20.4. The molecule has 0 aliphatic carbocycles. The van der Waals surface area contributed by atoms with Crippen LogP contribution < -0.4 is 9.47 Å². The number of allylic oxidation sites excluding steroid dienone is 1. The second kappa shape index (κ2) is 8.08. The molecule has 2 aliphatic heterocycles. The van der Waals surface area contributed by atoms with Crippen LogP contribution in [0.25, 0.3) is 6.08 Å². The number of hydroxylamine groups is 2. The van der Waals surface area contributed by atoms with Gasteiger partial charge >= 0.3 is 5.97 Å². The molecular formula is C22H16ClN3O5. The van der Waals surface area contributed by atoms with E-state index in [9.17, 15) is 9.59 Å². The Morgan fingerprint density at radius 1 is 1.23 bits per heavy atom. The molecule has 0 aromatic heterocycles. The van der Waals surface area contributed by atoms with E-state index in [1.807, 2.05) is 0 Å². The van der Waals surface area contributed by atoms with Crippen molar-refractivity contribution in [1.29, 1.82) is 5.41 Å². The molecule has 0 bridgehead atoms. The van der Waals surface area contributed by atoms with Gasteiger partial charge in [0.25, 0.3) is 5.91 Å². The molecule has 0 unspecified atom stereocenters. The van der Waals surface area contributed by atoms with Crippen LogP contribution in [0.1, 0.15) is 22.8 Å². The molecule has 0 saturated carbocycles. The van der Waals surface area contributed by atoms with Crippen LogP contribution in [0, 0.1) is 5.41 Å². The lowest BCUT2D eigenvalue weighted by Gasteiger charge is -2.23. The number of amides is 1. The highest BCUT2D eigenvalue weighted by molar-refractivity contribution is 6.33. The van der Waals surface area contributed by atoms with Gasteiger partial charge in [-0.05, 0) is 55.0 Å². The number of halogens is 1. The number of rotatable bonds is 4. The molecule has 9 heteroatoms. The Balaban J connectivity index is 1.53. The van der Waals surface area contributed by atoms with Gasteiger partial charge in [-0.2, -0.15) is 4.99 Å². The zero-order valence-corrected chi connectivity index (χ0v) is 17.3. The maximum Gasteiger partial charge on any atom is 0.343 e. The van der Waals surface area contributed by atoms with E-state index in [1.165, 1.54) is 30.4 Å². The highest BCUT2D eigenvalue weighted by Crippen LogP contribution is 2.29. The molecule has 2 heterocycles. The lowest BCUT2D eigenvalue weighted by molar-refractivity contribution is -0.114. The largest absolute Gasteiger partial charge is 0.497 e. The molecule has 4 rings (SSSR count). The van der Waals surface area contributed by atoms with Crippen LogP contribution in [0.2, 0.25) is 5.02 Å². The Bertz CT molecular complexity index is 1200. The third-order valence-electron chi connectivity index (χ3n) is 4.48. The van der Waals surface area contributed by atoms with Gasteiger partial charge in [0.1, 0.15) is 17.3 Å². The molecule has 2 aromatic carbocycles. The molecule has 156 valence electrons. The summed E-state index contributed by atoms with van der Waals surface area (Å²) in [6.07, 6.45) is 3.05. The number of amidine groups is 2. The first-order valence-electron chi connectivity index (χ1n) is 9.11. The van der Waals surface area contributed by atoms with Crippen LogP contribution in [0.5, 0.6) is 11.5 Å². The van der Waals surface area contributed by atoms with Crippen LogP contribution in [-0.2, 0) is 9.63 Å². The predicted octanol–water partition coefficient (Wildman–Crippen LogP) is 4.02. The van der Waals surface area contributed by atoms with E-state index in [1.54, 1.807) is 43.3 Å². The van der Waals surface area contributed by atoms with E-state index in [0.717, 1.165) is 0 Å². The molecular weight excluding hydrogens is 422 g/mol. The number of nitrogens with zero attached hydrogens (tertiary/aromatic N) is 2. The summed E-state index contributed by atoms with van der Waals surface area (Å²) in [4.78, 5) is 34.0. The summed E-state index contributed by atoms with van der Waals surface area (Å²) < 4.78 is 10.4. The Morgan fingerprint density at radius 2 is 1.97 bits per heavy atom. The molecule has 0 spiro atoms. The van der Waals surface area contributed by atoms with Crippen LogP contribution in [0.15, 0.2) is 64.9 Å². The SMILES string of the molecule is COc1ccc(C(=O)Oc2ccc(/C=C3/C(=N)N4OC(C)=CC4=NC3=O)cc2Cl)cc1. The number of methoxy groups -OCH3 is 1. The second-order valence-corrected chi connectivity index (χ2v) is 7.04. The van der Waals surface area contributed by atoms with Crippen molar-refractivity contribution in [3.05, 3.63) is 76.0 Å². The maximum absolute atomic E-state index is 12.3. The fraction of sp³-hybridized carbons (Fsp3) is 0.0909. The minimum Gasteiger partial charge on any atom is -0.497 e. The number of benzene rings is 2. The molecule has 0 saturated heterocycles. The van der Waals surface area contributed by atoms with Crippen molar-refractivity contribution in [1.82, 2.24) is 5.06 Å². The number of ether oxygens (including phenoxy) is 2. The quantitative estimate of drug-likeness (QED) is 0.440. The van der Waals surface area contributed by atoms with Gasteiger partial charge in [0.2, 0.25) is 0 Å². The smallest absolute Gasteiger partial charge is 0.343 e. The van der Waals surface area contributed by atoms with E-state index in [-0.39, 0.29) is 28.0 Å². The van der Waals surface area contributed by atoms with Crippen molar-refractivity contribution in [2.24, 2.45) is 4.99 Å². The van der Waals surface area contributed by atoms with Gasteiger partial charge in [-0.3, -0.25) is 10.2 Å². The zero-order valence-electron chi connectivity index (χ0n) is 16.5. The lowest BCUT2D eigenvalue weighted by atomic mass is 10.1. The van der Waals surface area contributed by atoms with Crippen LogP contribution >= 0.6 is 11.6 Å². The van der Waals surface area contributed by atoms with Crippen molar-refractivity contribution >= 4 is 41.2 Å². The van der Waals surface area contributed by atoms with Crippen molar-refractivity contribution < 1.29 is 23.9 Å². The fourth-order valence-corrected chi connectivity index (χ4v) is 3.17. The topological polar surface area (TPSA) is 101 Å². The summed E-state index contributed by atoms with van der Waals surface area (Å²) in [6.45, 7) is 1.70. The maximum atomic E-state index is 12.3. The number of esters is 1. The lowest BCUT2D eigenvalue weighted by Crippen LogP contribution is -2.38. The highest BCUT2D eigenvalue weighted by atomic mass is 35.5. The number of nitrogens with one attached hydrogen (secondary N) is 1. The molecule has 8 nitrogen and oxygen atoms in total. The van der Waals surface area contributed by atoms with Gasteiger partial charge in [0.05, 0.1) is 23.3 Å². The van der Waals surface area contributed by atoms with E-state index in [0.29, 0.717) is 22.6 Å². The summed E-state index contributed by atoms with van der Waals surface area (Å²) in [7, 11) is 1.54. The number of carbonyl (C=O) groups is 2. The first-order valence-corrected chi connectivity index (χ1v) is 9.49. The minimum atomic E-state index is -0.573. The van der Waals surface area contributed by atoms with Gasteiger partial charge < -0.3 is 14.3 Å². The molecule has 0 fully saturated rings. The van der Waals surface area contributed by atoms with Crippen molar-refractivity contribution in [3.63, 3.8) is 0 Å². The molecule has 1 amide bonds. The van der Waals surface area contributed by atoms with Crippen LogP contribution in [0.4, 0.5) is 0 Å². The summed E-state index contributed by atoms with van der Waals surface area (Å²) >= 11 is 6.27. The van der Waals surface area contributed by atoms with E-state index in [2.05, 4.69) is 4.99 Å². The Hall–Kier alpha value is -3.91. The van der Waals surface area contributed by atoms with E-state index < -0.39 is 11.9 Å². The molecule has 31 heavy (non-hydrogen) atoms. The van der Waals surface area contributed by atoms with Gasteiger partial charge in [-0.15, -0.1) is 5.06 Å². The molecule has 2 aromatic rings. The molecule has 0 radical (unpaired) electrons. The average Bonchev–Trinajstić information content (AvgIpc) is 3.13. The van der Waals surface area contributed by atoms with Gasteiger partial charge in [0, 0.05) is 6.08 Å². The van der Waals surface area contributed by atoms with E-state index >= 15 is 0 Å². The van der Waals surface area contributed by atoms with Crippen LogP contribution in [0.3, 0.4) is 0 Å². The zero-order chi connectivity index (χ0) is 22.1. The Labute approximate surface area is 182 Å². The van der Waals surface area contributed by atoms with Crippen LogP contribution in [-0.4, -0.2) is 35.7 Å². The van der Waals surface area contributed by atoms with Gasteiger partial charge in [-0.25, -0.2) is 4.79 Å². The van der Waals surface area contributed by atoms with Gasteiger partial charge in [-0.1, -0.05) is 17.7 Å². The normalized spacial score (nSPS) is 16.5. The second-order valence-electron chi connectivity index (χ2n) is 6.63. The summed E-state index contributed by atoms with van der Waals surface area (Å²) in [5.41, 5.74) is 0.920. The summed E-state index contributed by atoms with van der Waals surface area (Å²) in [5, 5.41) is 9.59. The first-order chi connectivity index (χ1) is 14.9. The monoisotopic (exact) mass is 437 g/mol. The van der Waals surface area contributed by atoms with E-state index in [4.69, 9.17) is 31.3 Å². The third-order valence-corrected chi connectivity index (χ3v) is 4.77. The molecule has 1 N–H and O–H groups in total. The predicted molar refractivity (Wildman–Crippen MR) is 114 cm³/mol. The average molecular weight is 438 g/mol. The number of hydrogen-bond donors (Lipinski definition) is 1. The summed E-state index contributed by atoms with van der Waals surface area (Å²) in [6, 6.07) is 11.1. The third kappa shape index (κ3) is 4.06. The number of aliphatic imine (C=N–C) groups is 1. The van der Waals surface area contributed by atoms with Crippen molar-refractivity contribution in [2.75, 3.05) is 7.11 Å². The Kier molecular flexibility index (Phi) is 5.31. The van der Waals surface area contributed by atoms with Crippen molar-refractivity contribution in [2.45, 2.75) is 6.92 Å². The molecule has 2 aliphatic rings. The van der Waals surface area contributed by atoms with Crippen molar-refractivity contribution in [3.8, 4) is 11.5 Å². The standard InChI is InChI=1S/C22H16ClN3O5/c1-12-9-19-25-21(27)16(20(24)26(19)31-12)10-13-3-8-18(17(23)11-13)30-22(28)14-4-6-15(29-2)7-5-14/h3-11,24H,1-2H3/b16-10-,24-20?. The Morgan fingerprint density at radius 3 is 2.65 bits per heavy atom. The fourth-order valence-electron chi connectivity index (χ4n) is 2.94. The van der Waals surface area contributed by atoms with Gasteiger partial charge in [0.15, 0.2) is 11.7 Å². The number of hydrogen-bond acceptors (Lipinski definition) is 6. The summed E-state index contributed by atoms with van der Waals surface area (Å²) in [5.74, 6) is 0.322. The number of fused-ring (bicyclic) bond motifs is 1. The highest BCUT2D eigenvalue weighted by Gasteiger charge is 2.34.